The minimum atomic E-state index is -0.859. The molecule has 0 bridgehead atoms. The number of nitro benzene ring substituents is 1. The summed E-state index contributed by atoms with van der Waals surface area (Å²) < 4.78 is 17.7. The number of aryl methyl sites for hydroxylation is 1. The van der Waals surface area contributed by atoms with Crippen LogP contribution in [-0.4, -0.2) is 34.6 Å². The van der Waals surface area contributed by atoms with Crippen molar-refractivity contribution in [2.75, 3.05) is 13.4 Å². The van der Waals surface area contributed by atoms with Gasteiger partial charge in [0.15, 0.2) is 18.1 Å². The number of ketones is 1. The summed E-state index contributed by atoms with van der Waals surface area (Å²) >= 11 is 5.75. The zero-order valence-electron chi connectivity index (χ0n) is 17.1. The van der Waals surface area contributed by atoms with Gasteiger partial charge in [-0.2, -0.15) is 0 Å². The first-order chi connectivity index (χ1) is 15.3. The van der Waals surface area contributed by atoms with Gasteiger partial charge in [0.25, 0.3) is 5.69 Å². The van der Waals surface area contributed by atoms with Gasteiger partial charge in [-0.3, -0.25) is 14.9 Å². The van der Waals surface area contributed by atoms with E-state index < -0.39 is 29.0 Å². The number of ether oxygens (including phenoxy) is 3. The fraction of sp³-hybridized carbons (Fsp3) is 0.182. The predicted octanol–water partition coefficient (Wildman–Crippen LogP) is 4.42. The minimum absolute atomic E-state index is 0.0697. The van der Waals surface area contributed by atoms with E-state index in [-0.39, 0.29) is 17.4 Å². The standard InChI is InChI=1S/C22H17ClN2O7/c1-12-7-16(13(2)24(12)15-4-6-20-21(9-15)32-11-31-20)19(26)10-30-22(27)14-3-5-17(23)18(8-14)25(28)29/h3-9H,10-11H2,1-2H3. The van der Waals surface area contributed by atoms with Crippen molar-refractivity contribution in [3.8, 4) is 17.2 Å². The Hall–Kier alpha value is -3.85. The number of hydrogen-bond donors (Lipinski definition) is 0. The quantitative estimate of drug-likeness (QED) is 0.233. The number of aromatic nitrogens is 1. The molecule has 32 heavy (non-hydrogen) atoms. The topological polar surface area (TPSA) is 110 Å². The molecule has 0 N–H and O–H groups in total. The van der Waals surface area contributed by atoms with Gasteiger partial charge in [0.05, 0.1) is 10.5 Å². The van der Waals surface area contributed by atoms with Crippen LogP contribution >= 0.6 is 11.6 Å². The molecule has 0 amide bonds. The van der Waals surface area contributed by atoms with Gasteiger partial charge >= 0.3 is 5.97 Å². The van der Waals surface area contributed by atoms with Gasteiger partial charge in [-0.25, -0.2) is 4.79 Å². The Labute approximate surface area is 187 Å². The number of hydrogen-bond acceptors (Lipinski definition) is 7. The molecule has 0 saturated heterocycles. The first-order valence-electron chi connectivity index (χ1n) is 9.49. The number of rotatable bonds is 6. The molecule has 1 aromatic heterocycles. The number of Topliss-reactive ketones (excluding diaryl/α,β-unsaturated/α-hetero) is 1. The van der Waals surface area contributed by atoms with Gasteiger partial charge in [-0.15, -0.1) is 0 Å². The average Bonchev–Trinajstić information content (AvgIpc) is 3.35. The van der Waals surface area contributed by atoms with Crippen molar-refractivity contribution in [1.29, 1.82) is 0 Å². The van der Waals surface area contributed by atoms with E-state index in [0.717, 1.165) is 17.4 Å². The van der Waals surface area contributed by atoms with Crippen LogP contribution in [0.4, 0.5) is 5.69 Å². The molecule has 2 aromatic carbocycles. The van der Waals surface area contributed by atoms with Crippen molar-refractivity contribution in [1.82, 2.24) is 4.57 Å². The number of halogens is 1. The van der Waals surface area contributed by atoms with Crippen LogP contribution in [-0.2, 0) is 4.74 Å². The number of carbonyl (C=O) groups is 2. The minimum Gasteiger partial charge on any atom is -0.454 e. The fourth-order valence-electron chi connectivity index (χ4n) is 3.54. The van der Waals surface area contributed by atoms with E-state index >= 15 is 0 Å². The largest absolute Gasteiger partial charge is 0.454 e. The van der Waals surface area contributed by atoms with Crippen molar-refractivity contribution in [3.05, 3.63) is 80.1 Å². The van der Waals surface area contributed by atoms with Crippen molar-refractivity contribution >= 4 is 29.0 Å². The third kappa shape index (κ3) is 3.90. The van der Waals surface area contributed by atoms with Crippen LogP contribution in [0.2, 0.25) is 5.02 Å². The Morgan fingerprint density at radius 2 is 1.88 bits per heavy atom. The maximum Gasteiger partial charge on any atom is 0.338 e. The highest BCUT2D eigenvalue weighted by Crippen LogP contribution is 2.35. The van der Waals surface area contributed by atoms with Gasteiger partial charge in [0.2, 0.25) is 12.6 Å². The van der Waals surface area contributed by atoms with E-state index in [4.69, 9.17) is 25.8 Å². The van der Waals surface area contributed by atoms with Gasteiger partial charge in [-0.05, 0) is 44.2 Å². The first kappa shape index (κ1) is 21.4. The fourth-order valence-corrected chi connectivity index (χ4v) is 3.73. The summed E-state index contributed by atoms with van der Waals surface area (Å²) in [6.45, 7) is 3.29. The summed E-state index contributed by atoms with van der Waals surface area (Å²) in [6.07, 6.45) is 0. The van der Waals surface area contributed by atoms with Gasteiger partial charge < -0.3 is 18.8 Å². The van der Waals surface area contributed by atoms with Gasteiger partial charge in [-0.1, -0.05) is 11.6 Å². The molecule has 1 aliphatic rings. The van der Waals surface area contributed by atoms with E-state index in [2.05, 4.69) is 0 Å². The van der Waals surface area contributed by atoms with Crippen LogP contribution in [0.1, 0.15) is 32.1 Å². The molecule has 10 heteroatoms. The summed E-state index contributed by atoms with van der Waals surface area (Å²) in [7, 11) is 0. The monoisotopic (exact) mass is 456 g/mol. The Morgan fingerprint density at radius 3 is 2.62 bits per heavy atom. The van der Waals surface area contributed by atoms with E-state index in [1.165, 1.54) is 12.1 Å². The molecule has 0 fully saturated rings. The molecule has 164 valence electrons. The van der Waals surface area contributed by atoms with Crippen LogP contribution in [0, 0.1) is 24.0 Å². The summed E-state index contributed by atoms with van der Waals surface area (Å²) in [5, 5.41) is 10.9. The lowest BCUT2D eigenvalue weighted by Gasteiger charge is -2.11. The highest BCUT2D eigenvalue weighted by Gasteiger charge is 2.22. The molecule has 0 aliphatic carbocycles. The van der Waals surface area contributed by atoms with Crippen molar-refractivity contribution in [3.63, 3.8) is 0 Å². The molecule has 0 spiro atoms. The Kier molecular flexibility index (Phi) is 5.58. The lowest BCUT2D eigenvalue weighted by molar-refractivity contribution is -0.384. The number of esters is 1. The lowest BCUT2D eigenvalue weighted by atomic mass is 10.1. The third-order valence-electron chi connectivity index (χ3n) is 5.06. The van der Waals surface area contributed by atoms with Crippen LogP contribution in [0.25, 0.3) is 5.69 Å². The highest BCUT2D eigenvalue weighted by molar-refractivity contribution is 6.32. The number of carbonyl (C=O) groups excluding carboxylic acids is 2. The van der Waals surface area contributed by atoms with E-state index in [9.17, 15) is 19.7 Å². The molecule has 0 atom stereocenters. The molecule has 1 aliphatic heterocycles. The van der Waals surface area contributed by atoms with Gasteiger partial charge in [0, 0.05) is 34.8 Å². The Bertz CT molecular complexity index is 1270. The summed E-state index contributed by atoms with van der Waals surface area (Å²) in [5.41, 5.74) is 2.19. The maximum absolute atomic E-state index is 12.8. The van der Waals surface area contributed by atoms with Crippen LogP contribution in [0.3, 0.4) is 0 Å². The Morgan fingerprint density at radius 1 is 1.12 bits per heavy atom. The molecular formula is C22H17ClN2O7. The normalized spacial score (nSPS) is 12.0. The maximum atomic E-state index is 12.8. The predicted molar refractivity (Wildman–Crippen MR) is 114 cm³/mol. The molecule has 0 saturated carbocycles. The number of nitro groups is 1. The highest BCUT2D eigenvalue weighted by atomic mass is 35.5. The molecule has 2 heterocycles. The second-order valence-electron chi connectivity index (χ2n) is 7.08. The third-order valence-corrected chi connectivity index (χ3v) is 5.38. The van der Waals surface area contributed by atoms with Crippen LogP contribution < -0.4 is 9.47 Å². The molecule has 0 radical (unpaired) electrons. The lowest BCUT2D eigenvalue weighted by Crippen LogP contribution is -2.15. The zero-order valence-corrected chi connectivity index (χ0v) is 17.8. The molecular weight excluding hydrogens is 440 g/mol. The summed E-state index contributed by atoms with van der Waals surface area (Å²) in [5.74, 6) is 0.0142. The van der Waals surface area contributed by atoms with Crippen molar-refractivity contribution in [2.24, 2.45) is 0 Å². The number of nitrogens with zero attached hydrogens (tertiary/aromatic N) is 2. The first-order valence-corrected chi connectivity index (χ1v) is 9.87. The zero-order chi connectivity index (χ0) is 23.0. The Balaban J connectivity index is 1.51. The van der Waals surface area contributed by atoms with Crippen LogP contribution in [0.15, 0.2) is 42.5 Å². The SMILES string of the molecule is Cc1cc(C(=O)COC(=O)c2ccc(Cl)c([N+](=O)[O-])c2)c(C)n1-c1ccc2c(c1)OCO2. The van der Waals surface area contributed by atoms with Crippen molar-refractivity contribution < 1.29 is 28.7 Å². The summed E-state index contributed by atoms with van der Waals surface area (Å²) in [6, 6.07) is 10.7. The number of benzene rings is 2. The van der Waals surface area contributed by atoms with Crippen LogP contribution in [0.5, 0.6) is 11.5 Å². The smallest absolute Gasteiger partial charge is 0.338 e. The second kappa shape index (κ2) is 8.35. The second-order valence-corrected chi connectivity index (χ2v) is 7.49. The average molecular weight is 457 g/mol. The van der Waals surface area contributed by atoms with E-state index in [1.54, 1.807) is 19.1 Å². The van der Waals surface area contributed by atoms with E-state index in [1.807, 2.05) is 23.6 Å². The molecule has 4 rings (SSSR count). The van der Waals surface area contributed by atoms with Crippen molar-refractivity contribution in [2.45, 2.75) is 13.8 Å². The number of fused-ring (bicyclic) bond motifs is 1. The molecule has 9 nitrogen and oxygen atoms in total. The van der Waals surface area contributed by atoms with Gasteiger partial charge in [0.1, 0.15) is 5.02 Å². The van der Waals surface area contributed by atoms with E-state index in [0.29, 0.717) is 22.8 Å². The summed E-state index contributed by atoms with van der Waals surface area (Å²) in [4.78, 5) is 35.3. The molecule has 3 aromatic rings. The molecule has 0 unspecified atom stereocenters.